The third-order valence-electron chi connectivity index (χ3n) is 5.26. The van der Waals surface area contributed by atoms with E-state index in [1.165, 1.54) is 22.9 Å². The van der Waals surface area contributed by atoms with Crippen molar-refractivity contribution < 1.29 is 27.9 Å². The minimum atomic E-state index is -4.46. The number of carbonyl (C=O) groups is 2. The number of carboxylic acid groups (broad SMARTS) is 1. The van der Waals surface area contributed by atoms with Crippen LogP contribution in [0.3, 0.4) is 0 Å². The van der Waals surface area contributed by atoms with Gasteiger partial charge in [0.25, 0.3) is 5.91 Å². The molecule has 0 aliphatic carbocycles. The van der Waals surface area contributed by atoms with Crippen molar-refractivity contribution >= 4 is 11.9 Å². The smallest absolute Gasteiger partial charge is 0.416 e. The lowest BCUT2D eigenvalue weighted by Gasteiger charge is -2.15. The van der Waals surface area contributed by atoms with E-state index in [4.69, 9.17) is 5.11 Å². The Morgan fingerprint density at radius 1 is 1.16 bits per heavy atom. The van der Waals surface area contributed by atoms with Crippen molar-refractivity contribution in [1.29, 1.82) is 0 Å². The highest BCUT2D eigenvalue weighted by Gasteiger charge is 2.30. The highest BCUT2D eigenvalue weighted by molar-refractivity contribution is 5.96. The van der Waals surface area contributed by atoms with Crippen molar-refractivity contribution in [3.05, 3.63) is 87.7 Å². The lowest BCUT2D eigenvalue weighted by atomic mass is 10.0. The zero-order chi connectivity index (χ0) is 23.6. The van der Waals surface area contributed by atoms with E-state index < -0.39 is 29.7 Å². The summed E-state index contributed by atoms with van der Waals surface area (Å²) in [4.78, 5) is 24.0. The van der Waals surface area contributed by atoms with Crippen LogP contribution in [0.5, 0.6) is 0 Å². The normalized spacial score (nSPS) is 12.4. The van der Waals surface area contributed by atoms with Gasteiger partial charge in [-0.1, -0.05) is 30.3 Å². The third-order valence-corrected chi connectivity index (χ3v) is 5.26. The van der Waals surface area contributed by atoms with Gasteiger partial charge >= 0.3 is 12.1 Å². The molecule has 32 heavy (non-hydrogen) atoms. The fourth-order valence-electron chi connectivity index (χ4n) is 3.41. The molecule has 0 saturated heterocycles. The number of benzene rings is 2. The molecule has 0 fully saturated rings. The summed E-state index contributed by atoms with van der Waals surface area (Å²) >= 11 is 0. The fourth-order valence-corrected chi connectivity index (χ4v) is 3.41. The zero-order valence-corrected chi connectivity index (χ0v) is 17.7. The summed E-state index contributed by atoms with van der Waals surface area (Å²) in [6.45, 7) is 3.47. The lowest BCUT2D eigenvalue weighted by Crippen LogP contribution is -2.28. The highest BCUT2D eigenvalue weighted by Crippen LogP contribution is 2.30. The van der Waals surface area contributed by atoms with Gasteiger partial charge in [-0.25, -0.2) is 4.79 Å². The summed E-state index contributed by atoms with van der Waals surface area (Å²) in [5, 5.41) is 16.2. The average molecular weight is 445 g/mol. The van der Waals surface area contributed by atoms with Gasteiger partial charge in [0.15, 0.2) is 0 Å². The molecule has 0 aliphatic heterocycles. The molecular weight excluding hydrogens is 423 g/mol. The number of hydrogen-bond acceptors (Lipinski definition) is 3. The zero-order valence-electron chi connectivity index (χ0n) is 17.7. The predicted molar refractivity (Wildman–Crippen MR) is 111 cm³/mol. The first-order valence-corrected chi connectivity index (χ1v) is 9.80. The van der Waals surface area contributed by atoms with Gasteiger partial charge < -0.3 is 10.4 Å². The Morgan fingerprint density at radius 2 is 1.81 bits per heavy atom. The molecule has 1 atom stereocenters. The summed E-state index contributed by atoms with van der Waals surface area (Å²) in [5.41, 5.74) is 1.74. The summed E-state index contributed by atoms with van der Waals surface area (Å²) in [6.07, 6.45) is -4.39. The maximum absolute atomic E-state index is 13.0. The van der Waals surface area contributed by atoms with E-state index in [1.54, 1.807) is 39.1 Å². The SMILES string of the molecule is Cc1c(C(=O)N[C@@H](C)c2ccc(C(=O)O)cc2)c(Cc2cccc(C(F)(F)F)c2)nn1C. The molecule has 0 aliphatic rings. The first-order chi connectivity index (χ1) is 15.0. The number of aromatic carboxylic acids is 1. The molecule has 9 heteroatoms. The van der Waals surface area contributed by atoms with Crippen molar-refractivity contribution in [2.45, 2.75) is 32.5 Å². The van der Waals surface area contributed by atoms with Gasteiger partial charge in [-0.2, -0.15) is 18.3 Å². The summed E-state index contributed by atoms with van der Waals surface area (Å²) < 4.78 is 40.6. The first kappa shape index (κ1) is 23.1. The van der Waals surface area contributed by atoms with E-state index in [1.807, 2.05) is 0 Å². The van der Waals surface area contributed by atoms with E-state index in [0.29, 0.717) is 28.1 Å². The van der Waals surface area contributed by atoms with Crippen LogP contribution in [0, 0.1) is 6.92 Å². The molecule has 3 rings (SSSR count). The van der Waals surface area contributed by atoms with Crippen LogP contribution < -0.4 is 5.32 Å². The molecule has 0 saturated carbocycles. The van der Waals surface area contributed by atoms with Gasteiger partial charge in [0.2, 0.25) is 0 Å². The number of carbonyl (C=O) groups excluding carboxylic acids is 1. The van der Waals surface area contributed by atoms with Crippen LogP contribution in [0.1, 0.15) is 61.8 Å². The Hall–Kier alpha value is -3.62. The van der Waals surface area contributed by atoms with Crippen LogP contribution in [0.2, 0.25) is 0 Å². The molecule has 0 spiro atoms. The minimum Gasteiger partial charge on any atom is -0.478 e. The van der Waals surface area contributed by atoms with Crippen molar-refractivity contribution in [3.8, 4) is 0 Å². The van der Waals surface area contributed by atoms with Gasteiger partial charge in [-0.05, 0) is 43.2 Å². The number of amides is 1. The van der Waals surface area contributed by atoms with Crippen LogP contribution in [0.4, 0.5) is 13.2 Å². The second-order valence-electron chi connectivity index (χ2n) is 7.53. The highest BCUT2D eigenvalue weighted by atomic mass is 19.4. The number of nitrogens with zero attached hydrogens (tertiary/aromatic N) is 2. The summed E-state index contributed by atoms with van der Waals surface area (Å²) in [6, 6.07) is 10.7. The number of halogens is 3. The molecule has 168 valence electrons. The van der Waals surface area contributed by atoms with Gasteiger partial charge in [0.1, 0.15) is 0 Å². The maximum Gasteiger partial charge on any atom is 0.416 e. The number of nitrogens with one attached hydrogen (secondary N) is 1. The number of rotatable bonds is 6. The van der Waals surface area contributed by atoms with Gasteiger partial charge in [-0.3, -0.25) is 9.48 Å². The Bertz CT molecular complexity index is 1150. The van der Waals surface area contributed by atoms with E-state index in [9.17, 15) is 22.8 Å². The molecule has 2 aromatic carbocycles. The van der Waals surface area contributed by atoms with Crippen LogP contribution in [-0.4, -0.2) is 26.8 Å². The Labute approximate surface area is 182 Å². The number of alkyl halides is 3. The molecule has 3 aromatic rings. The van der Waals surface area contributed by atoms with Gasteiger partial charge in [0, 0.05) is 19.2 Å². The summed E-state index contributed by atoms with van der Waals surface area (Å²) in [5.74, 6) is -1.45. The molecular formula is C23H22F3N3O3. The number of carboxylic acids is 1. The first-order valence-electron chi connectivity index (χ1n) is 9.80. The molecule has 1 aromatic heterocycles. The Morgan fingerprint density at radius 3 is 2.41 bits per heavy atom. The third kappa shape index (κ3) is 4.99. The van der Waals surface area contributed by atoms with Crippen molar-refractivity contribution in [2.24, 2.45) is 7.05 Å². The topological polar surface area (TPSA) is 84.2 Å². The molecule has 6 nitrogen and oxygen atoms in total. The van der Waals surface area contributed by atoms with Crippen molar-refractivity contribution in [3.63, 3.8) is 0 Å². The average Bonchev–Trinajstić information content (AvgIpc) is 3.00. The van der Waals surface area contributed by atoms with Crippen molar-refractivity contribution in [2.75, 3.05) is 0 Å². The lowest BCUT2D eigenvalue weighted by molar-refractivity contribution is -0.137. The molecule has 2 N–H and O–H groups in total. The van der Waals surface area contributed by atoms with E-state index in [0.717, 1.165) is 12.1 Å². The van der Waals surface area contributed by atoms with Gasteiger partial charge in [0.05, 0.1) is 28.4 Å². The quantitative estimate of drug-likeness (QED) is 0.584. The standard InChI is InChI=1S/C23H22F3N3O3/c1-13(16-7-9-17(10-8-16)22(31)32)27-21(30)20-14(2)29(3)28-19(20)12-15-5-4-6-18(11-15)23(24,25)26/h4-11,13H,12H2,1-3H3,(H,27,30)(H,31,32)/t13-/m0/s1. The van der Waals surface area contributed by atoms with Crippen LogP contribution in [0.25, 0.3) is 0 Å². The van der Waals surface area contributed by atoms with Crippen molar-refractivity contribution in [1.82, 2.24) is 15.1 Å². The predicted octanol–water partition coefficient (Wildman–Crippen LogP) is 4.53. The Kier molecular flexibility index (Phi) is 6.38. The second kappa shape index (κ2) is 8.86. The monoisotopic (exact) mass is 445 g/mol. The molecule has 1 heterocycles. The van der Waals surface area contributed by atoms with Crippen LogP contribution in [-0.2, 0) is 19.6 Å². The number of aryl methyl sites for hydroxylation is 1. The molecule has 0 unspecified atom stereocenters. The minimum absolute atomic E-state index is 0.0655. The fraction of sp³-hybridized carbons (Fsp3) is 0.261. The number of hydrogen-bond donors (Lipinski definition) is 2. The summed E-state index contributed by atoms with van der Waals surface area (Å²) in [7, 11) is 1.66. The van der Waals surface area contributed by atoms with E-state index in [2.05, 4.69) is 10.4 Å². The second-order valence-corrected chi connectivity index (χ2v) is 7.53. The number of aromatic nitrogens is 2. The molecule has 0 bridgehead atoms. The molecule has 0 radical (unpaired) electrons. The van der Waals surface area contributed by atoms with Gasteiger partial charge in [-0.15, -0.1) is 0 Å². The van der Waals surface area contributed by atoms with Crippen LogP contribution in [0.15, 0.2) is 48.5 Å². The Balaban J connectivity index is 1.84. The largest absolute Gasteiger partial charge is 0.478 e. The van der Waals surface area contributed by atoms with Crippen LogP contribution >= 0.6 is 0 Å². The molecule has 1 amide bonds. The van der Waals surface area contributed by atoms with E-state index in [-0.39, 0.29) is 12.0 Å². The van der Waals surface area contributed by atoms with E-state index >= 15 is 0 Å². The maximum atomic E-state index is 13.0.